The van der Waals surface area contributed by atoms with Crippen molar-refractivity contribution in [3.63, 3.8) is 0 Å². The Bertz CT molecular complexity index is 379. The smallest absolute Gasteiger partial charge is 0.305 e. The predicted molar refractivity (Wildman–Crippen MR) is 61.7 cm³/mol. The van der Waals surface area contributed by atoms with Gasteiger partial charge < -0.3 is 14.8 Å². The maximum absolute atomic E-state index is 11.8. The van der Waals surface area contributed by atoms with Gasteiger partial charge in [-0.25, -0.2) is 0 Å². The molecule has 5 nitrogen and oxygen atoms in total. The minimum absolute atomic E-state index is 0.0908. The maximum Gasteiger partial charge on any atom is 0.305 e. The quantitative estimate of drug-likeness (QED) is 0.796. The van der Waals surface area contributed by atoms with Crippen LogP contribution in [0.1, 0.15) is 43.7 Å². The SMILES string of the molecule is CCC(CC)(CC(=O)O)NC(=O)c1ccco1. The Morgan fingerprint density at radius 3 is 2.47 bits per heavy atom. The highest BCUT2D eigenvalue weighted by molar-refractivity contribution is 5.92. The van der Waals surface area contributed by atoms with Gasteiger partial charge in [0.15, 0.2) is 5.76 Å². The van der Waals surface area contributed by atoms with E-state index in [0.717, 1.165) is 0 Å². The molecule has 0 atom stereocenters. The average Bonchev–Trinajstić information content (AvgIpc) is 2.80. The molecule has 2 N–H and O–H groups in total. The van der Waals surface area contributed by atoms with E-state index in [2.05, 4.69) is 5.32 Å². The second kappa shape index (κ2) is 5.52. The lowest BCUT2D eigenvalue weighted by Gasteiger charge is -2.30. The van der Waals surface area contributed by atoms with E-state index in [0.29, 0.717) is 12.8 Å². The number of hydrogen-bond acceptors (Lipinski definition) is 3. The minimum atomic E-state index is -0.923. The molecule has 1 aromatic heterocycles. The largest absolute Gasteiger partial charge is 0.481 e. The van der Waals surface area contributed by atoms with E-state index >= 15 is 0 Å². The van der Waals surface area contributed by atoms with E-state index in [-0.39, 0.29) is 18.1 Å². The average molecular weight is 239 g/mol. The van der Waals surface area contributed by atoms with E-state index in [4.69, 9.17) is 9.52 Å². The number of nitrogens with one attached hydrogen (secondary N) is 1. The van der Waals surface area contributed by atoms with Gasteiger partial charge in [-0.2, -0.15) is 0 Å². The van der Waals surface area contributed by atoms with Crippen molar-refractivity contribution in [3.05, 3.63) is 24.2 Å². The fourth-order valence-electron chi connectivity index (χ4n) is 1.72. The van der Waals surface area contributed by atoms with Gasteiger partial charge in [0, 0.05) is 0 Å². The first kappa shape index (κ1) is 13.3. The summed E-state index contributed by atoms with van der Waals surface area (Å²) in [4.78, 5) is 22.6. The molecule has 1 aromatic rings. The number of furan rings is 1. The Balaban J connectivity index is 2.79. The number of rotatable bonds is 6. The molecule has 0 bridgehead atoms. The molecule has 94 valence electrons. The van der Waals surface area contributed by atoms with Crippen LogP contribution in [0.15, 0.2) is 22.8 Å². The first-order valence-corrected chi connectivity index (χ1v) is 5.61. The number of aliphatic carboxylic acids is 1. The molecule has 1 rings (SSSR count). The van der Waals surface area contributed by atoms with Gasteiger partial charge in [0.05, 0.1) is 18.2 Å². The van der Waals surface area contributed by atoms with Crippen molar-refractivity contribution in [3.8, 4) is 0 Å². The monoisotopic (exact) mass is 239 g/mol. The van der Waals surface area contributed by atoms with Crippen LogP contribution in [0, 0.1) is 0 Å². The fourth-order valence-corrected chi connectivity index (χ4v) is 1.72. The summed E-state index contributed by atoms with van der Waals surface area (Å²) in [6, 6.07) is 3.16. The minimum Gasteiger partial charge on any atom is -0.481 e. The Hall–Kier alpha value is -1.78. The molecule has 0 unspecified atom stereocenters. The molecule has 0 aromatic carbocycles. The molecule has 1 heterocycles. The summed E-state index contributed by atoms with van der Waals surface area (Å²) in [5.74, 6) is -1.10. The van der Waals surface area contributed by atoms with Crippen LogP contribution < -0.4 is 5.32 Å². The van der Waals surface area contributed by atoms with Crippen molar-refractivity contribution in [2.45, 2.75) is 38.6 Å². The van der Waals surface area contributed by atoms with Crippen LogP contribution in [0.5, 0.6) is 0 Å². The highest BCUT2D eigenvalue weighted by Gasteiger charge is 2.31. The third kappa shape index (κ3) is 3.34. The Kier molecular flexibility index (Phi) is 4.31. The second-order valence-electron chi connectivity index (χ2n) is 3.99. The lowest BCUT2D eigenvalue weighted by atomic mass is 9.89. The highest BCUT2D eigenvalue weighted by Crippen LogP contribution is 2.20. The number of amides is 1. The zero-order valence-corrected chi connectivity index (χ0v) is 10.0. The number of carboxylic acids is 1. The Morgan fingerprint density at radius 1 is 1.41 bits per heavy atom. The van der Waals surface area contributed by atoms with E-state index in [1.807, 2.05) is 13.8 Å². The standard InChI is InChI=1S/C12H17NO4/c1-3-12(4-2,8-10(14)15)13-11(16)9-6-5-7-17-9/h5-7H,3-4,8H2,1-2H3,(H,13,16)(H,14,15). The van der Waals surface area contributed by atoms with Gasteiger partial charge in [-0.1, -0.05) is 13.8 Å². The van der Waals surface area contributed by atoms with Crippen LogP contribution in [-0.2, 0) is 4.79 Å². The third-order valence-electron chi connectivity index (χ3n) is 2.97. The number of carbonyl (C=O) groups excluding carboxylic acids is 1. The van der Waals surface area contributed by atoms with E-state index in [1.54, 1.807) is 12.1 Å². The van der Waals surface area contributed by atoms with Gasteiger partial charge in [-0.3, -0.25) is 9.59 Å². The van der Waals surface area contributed by atoms with Gasteiger partial charge in [-0.15, -0.1) is 0 Å². The van der Waals surface area contributed by atoms with Crippen LogP contribution in [0.25, 0.3) is 0 Å². The molecule has 0 saturated heterocycles. The van der Waals surface area contributed by atoms with Crippen molar-refractivity contribution >= 4 is 11.9 Å². The highest BCUT2D eigenvalue weighted by atomic mass is 16.4. The van der Waals surface area contributed by atoms with Crippen molar-refractivity contribution in [2.75, 3.05) is 0 Å². The van der Waals surface area contributed by atoms with Crippen molar-refractivity contribution < 1.29 is 19.1 Å². The van der Waals surface area contributed by atoms with Crippen LogP contribution >= 0.6 is 0 Å². The molecule has 0 radical (unpaired) electrons. The molecule has 5 heteroatoms. The van der Waals surface area contributed by atoms with Gasteiger partial charge >= 0.3 is 5.97 Å². The van der Waals surface area contributed by atoms with Crippen LogP contribution in [-0.4, -0.2) is 22.5 Å². The summed E-state index contributed by atoms with van der Waals surface area (Å²) in [6.45, 7) is 3.71. The zero-order chi connectivity index (χ0) is 12.9. The topological polar surface area (TPSA) is 79.5 Å². The van der Waals surface area contributed by atoms with Crippen LogP contribution in [0.4, 0.5) is 0 Å². The van der Waals surface area contributed by atoms with Gasteiger partial charge in [-0.05, 0) is 25.0 Å². The van der Waals surface area contributed by atoms with Gasteiger partial charge in [0.2, 0.25) is 0 Å². The predicted octanol–water partition coefficient (Wildman–Crippen LogP) is 2.04. The van der Waals surface area contributed by atoms with E-state index < -0.39 is 11.5 Å². The summed E-state index contributed by atoms with van der Waals surface area (Å²) >= 11 is 0. The number of carboxylic acid groups (broad SMARTS) is 1. The van der Waals surface area contributed by atoms with Crippen LogP contribution in [0.3, 0.4) is 0 Å². The number of hydrogen-bond donors (Lipinski definition) is 2. The van der Waals surface area contributed by atoms with Crippen molar-refractivity contribution in [1.82, 2.24) is 5.32 Å². The summed E-state index contributed by atoms with van der Waals surface area (Å²) in [7, 11) is 0. The second-order valence-corrected chi connectivity index (χ2v) is 3.99. The number of carbonyl (C=O) groups is 2. The molecule has 1 amide bonds. The van der Waals surface area contributed by atoms with Crippen molar-refractivity contribution in [2.24, 2.45) is 0 Å². The molecule has 0 saturated carbocycles. The summed E-state index contributed by atoms with van der Waals surface area (Å²) in [5, 5.41) is 11.6. The van der Waals surface area contributed by atoms with E-state index in [9.17, 15) is 9.59 Å². The molecule has 0 fully saturated rings. The zero-order valence-electron chi connectivity index (χ0n) is 10.0. The lowest BCUT2D eigenvalue weighted by molar-refractivity contribution is -0.138. The molecule has 0 spiro atoms. The molecular formula is C12H17NO4. The molecule has 0 aliphatic rings. The molecule has 0 aliphatic heterocycles. The normalized spacial score (nSPS) is 11.2. The Morgan fingerprint density at radius 2 is 2.06 bits per heavy atom. The lowest BCUT2D eigenvalue weighted by Crippen LogP contribution is -2.49. The summed E-state index contributed by atoms with van der Waals surface area (Å²) < 4.78 is 4.98. The maximum atomic E-state index is 11.8. The third-order valence-corrected chi connectivity index (χ3v) is 2.97. The van der Waals surface area contributed by atoms with Crippen LogP contribution in [0.2, 0.25) is 0 Å². The Labute approximate surface area is 99.8 Å². The molecule has 0 aliphatic carbocycles. The fraction of sp³-hybridized carbons (Fsp3) is 0.500. The summed E-state index contributed by atoms with van der Waals surface area (Å²) in [6.07, 6.45) is 2.43. The molecular weight excluding hydrogens is 222 g/mol. The first-order valence-electron chi connectivity index (χ1n) is 5.61. The van der Waals surface area contributed by atoms with E-state index in [1.165, 1.54) is 6.26 Å². The first-order chi connectivity index (χ1) is 8.03. The van der Waals surface area contributed by atoms with Gasteiger partial charge in [0.25, 0.3) is 5.91 Å². The van der Waals surface area contributed by atoms with Crippen molar-refractivity contribution in [1.29, 1.82) is 0 Å². The summed E-state index contributed by atoms with van der Waals surface area (Å²) in [5.41, 5.74) is -0.713. The molecule has 17 heavy (non-hydrogen) atoms. The van der Waals surface area contributed by atoms with Gasteiger partial charge in [0.1, 0.15) is 0 Å².